The summed E-state index contributed by atoms with van der Waals surface area (Å²) < 4.78 is 19.0. The van der Waals surface area contributed by atoms with Gasteiger partial charge in [-0.15, -0.1) is 0 Å². The molecule has 2 N–H and O–H groups in total. The number of carboxylic acid groups (broad SMARTS) is 1. The number of likely N-dealkylation sites (N-methyl/N-ethyl adjacent to an activating group) is 1. The van der Waals surface area contributed by atoms with E-state index in [1.807, 2.05) is 11.8 Å². The average molecular weight is 341 g/mol. The molecule has 0 bridgehead atoms. The second-order valence-corrected chi connectivity index (χ2v) is 5.68. The third-order valence-electron chi connectivity index (χ3n) is 4.20. The van der Waals surface area contributed by atoms with Crippen LogP contribution in [-0.4, -0.2) is 53.2 Å². The number of carboxylic acids is 1. The molecule has 1 aromatic carbocycles. The van der Waals surface area contributed by atoms with Gasteiger partial charge >= 0.3 is 11.7 Å². The first-order valence-electron chi connectivity index (χ1n) is 7.60. The molecule has 1 aliphatic carbocycles. The standard InChI is InChI=1S/C15H20FN3O5/c1-3-18(8-15(20)21)10-4-9(5-10)17-12-7-14(24-2)13(19(22)23)6-11(12)16/h6-7,9-10,17H,3-5,8H2,1-2H3,(H,20,21). The lowest BCUT2D eigenvalue weighted by Gasteiger charge is -2.42. The van der Waals surface area contributed by atoms with E-state index < -0.39 is 22.4 Å². The maximum absolute atomic E-state index is 14.0. The van der Waals surface area contributed by atoms with E-state index in [0.29, 0.717) is 19.4 Å². The van der Waals surface area contributed by atoms with E-state index in [9.17, 15) is 19.3 Å². The number of aliphatic carboxylic acids is 1. The molecule has 1 aliphatic rings. The van der Waals surface area contributed by atoms with Crippen molar-refractivity contribution < 1.29 is 24.0 Å². The largest absolute Gasteiger partial charge is 0.490 e. The Morgan fingerprint density at radius 2 is 2.21 bits per heavy atom. The van der Waals surface area contributed by atoms with Gasteiger partial charge in [0.1, 0.15) is 0 Å². The first kappa shape index (κ1) is 17.9. The SMILES string of the molecule is CCN(CC(=O)O)C1CC(Nc2cc(OC)c([N+](=O)[O-])cc2F)C1. The van der Waals surface area contributed by atoms with Crippen LogP contribution in [0.3, 0.4) is 0 Å². The van der Waals surface area contributed by atoms with Gasteiger partial charge in [-0.3, -0.25) is 19.8 Å². The number of carbonyl (C=O) groups is 1. The van der Waals surface area contributed by atoms with Crippen molar-refractivity contribution in [3.8, 4) is 5.75 Å². The molecule has 1 aromatic rings. The summed E-state index contributed by atoms with van der Waals surface area (Å²) in [7, 11) is 1.29. The van der Waals surface area contributed by atoms with Crippen molar-refractivity contribution in [1.82, 2.24) is 4.90 Å². The van der Waals surface area contributed by atoms with Crippen LogP contribution in [-0.2, 0) is 4.79 Å². The predicted octanol–water partition coefficient (Wildman–Crippen LogP) is 2.09. The minimum absolute atomic E-state index is 0.0131. The number of halogens is 1. The number of nitrogens with one attached hydrogen (secondary N) is 1. The van der Waals surface area contributed by atoms with Crippen molar-refractivity contribution in [2.75, 3.05) is 25.5 Å². The van der Waals surface area contributed by atoms with Crippen LogP contribution in [0, 0.1) is 15.9 Å². The molecule has 2 rings (SSSR count). The Morgan fingerprint density at radius 3 is 2.71 bits per heavy atom. The molecule has 0 radical (unpaired) electrons. The molecule has 0 saturated heterocycles. The van der Waals surface area contributed by atoms with Gasteiger partial charge in [-0.1, -0.05) is 6.92 Å². The molecule has 132 valence electrons. The minimum atomic E-state index is -0.876. The van der Waals surface area contributed by atoms with E-state index in [-0.39, 0.29) is 30.1 Å². The highest BCUT2D eigenvalue weighted by molar-refractivity contribution is 5.69. The van der Waals surface area contributed by atoms with Crippen molar-refractivity contribution >= 4 is 17.3 Å². The van der Waals surface area contributed by atoms with Crippen molar-refractivity contribution in [2.24, 2.45) is 0 Å². The Balaban J connectivity index is 2.01. The second kappa shape index (κ2) is 7.43. The highest BCUT2D eigenvalue weighted by atomic mass is 19.1. The number of rotatable bonds is 8. The number of anilines is 1. The number of hydrogen-bond donors (Lipinski definition) is 2. The number of ether oxygens (including phenoxy) is 1. The fourth-order valence-corrected chi connectivity index (χ4v) is 2.86. The van der Waals surface area contributed by atoms with Crippen molar-refractivity contribution in [1.29, 1.82) is 0 Å². The fraction of sp³-hybridized carbons (Fsp3) is 0.533. The molecule has 0 aliphatic heterocycles. The lowest BCUT2D eigenvalue weighted by molar-refractivity contribution is -0.385. The first-order chi connectivity index (χ1) is 11.3. The Kier molecular flexibility index (Phi) is 5.55. The summed E-state index contributed by atoms with van der Waals surface area (Å²) in [6.45, 7) is 2.50. The molecule has 1 fully saturated rings. The van der Waals surface area contributed by atoms with Gasteiger partial charge < -0.3 is 15.2 Å². The molecule has 1 saturated carbocycles. The maximum Gasteiger partial charge on any atom is 0.317 e. The molecule has 8 nitrogen and oxygen atoms in total. The highest BCUT2D eigenvalue weighted by Gasteiger charge is 2.34. The van der Waals surface area contributed by atoms with Gasteiger partial charge in [-0.05, 0) is 19.4 Å². The topological polar surface area (TPSA) is 105 Å². The molecule has 0 heterocycles. The van der Waals surface area contributed by atoms with Crippen molar-refractivity contribution in [3.05, 3.63) is 28.1 Å². The summed E-state index contributed by atoms with van der Waals surface area (Å²) in [5.74, 6) is -1.61. The molecule has 24 heavy (non-hydrogen) atoms. The van der Waals surface area contributed by atoms with Crippen LogP contribution in [0.1, 0.15) is 19.8 Å². The van der Waals surface area contributed by atoms with Crippen LogP contribution in [0.5, 0.6) is 5.75 Å². The zero-order valence-electron chi connectivity index (χ0n) is 13.5. The van der Waals surface area contributed by atoms with Crippen LogP contribution >= 0.6 is 0 Å². The summed E-state index contributed by atoms with van der Waals surface area (Å²) in [5, 5.41) is 22.7. The summed E-state index contributed by atoms with van der Waals surface area (Å²) in [6.07, 6.45) is 1.36. The van der Waals surface area contributed by atoms with Gasteiger partial charge in [-0.25, -0.2) is 4.39 Å². The van der Waals surface area contributed by atoms with E-state index in [1.165, 1.54) is 13.2 Å². The number of nitro benzene ring substituents is 1. The van der Waals surface area contributed by atoms with Gasteiger partial charge in [0.15, 0.2) is 11.6 Å². The zero-order chi connectivity index (χ0) is 17.9. The molecule has 0 unspecified atom stereocenters. The Bertz CT molecular complexity index is 634. The van der Waals surface area contributed by atoms with Gasteiger partial charge in [0.2, 0.25) is 0 Å². The van der Waals surface area contributed by atoms with Gasteiger partial charge in [0.25, 0.3) is 0 Å². The van der Waals surface area contributed by atoms with E-state index in [4.69, 9.17) is 9.84 Å². The van der Waals surface area contributed by atoms with Crippen LogP contribution in [0.25, 0.3) is 0 Å². The predicted molar refractivity (Wildman–Crippen MR) is 84.9 cm³/mol. The molecule has 0 amide bonds. The lowest BCUT2D eigenvalue weighted by Crippen LogP contribution is -2.51. The molecular weight excluding hydrogens is 321 g/mol. The summed E-state index contributed by atoms with van der Waals surface area (Å²) in [5.41, 5.74) is -0.284. The quantitative estimate of drug-likeness (QED) is 0.551. The number of nitro groups is 1. The summed E-state index contributed by atoms with van der Waals surface area (Å²) in [4.78, 5) is 22.8. The molecule has 0 atom stereocenters. The Labute approximate surface area is 138 Å². The minimum Gasteiger partial charge on any atom is -0.490 e. The number of benzene rings is 1. The van der Waals surface area contributed by atoms with Gasteiger partial charge in [-0.2, -0.15) is 0 Å². The maximum atomic E-state index is 14.0. The van der Waals surface area contributed by atoms with E-state index >= 15 is 0 Å². The molecule has 0 spiro atoms. The smallest absolute Gasteiger partial charge is 0.317 e. The second-order valence-electron chi connectivity index (χ2n) is 5.68. The van der Waals surface area contributed by atoms with Crippen LogP contribution in [0.15, 0.2) is 12.1 Å². The highest BCUT2D eigenvalue weighted by Crippen LogP contribution is 2.35. The van der Waals surface area contributed by atoms with Crippen molar-refractivity contribution in [3.63, 3.8) is 0 Å². The molecular formula is C15H20FN3O5. The lowest BCUT2D eigenvalue weighted by atomic mass is 9.85. The third kappa shape index (κ3) is 3.91. The van der Waals surface area contributed by atoms with E-state index in [1.54, 1.807) is 0 Å². The van der Waals surface area contributed by atoms with E-state index in [0.717, 1.165) is 6.07 Å². The van der Waals surface area contributed by atoms with Gasteiger partial charge in [0, 0.05) is 18.2 Å². The van der Waals surface area contributed by atoms with Crippen LogP contribution < -0.4 is 10.1 Å². The number of hydrogen-bond acceptors (Lipinski definition) is 6. The number of nitrogens with zero attached hydrogens (tertiary/aromatic N) is 2. The van der Waals surface area contributed by atoms with Gasteiger partial charge in [0.05, 0.1) is 30.3 Å². The van der Waals surface area contributed by atoms with Crippen LogP contribution in [0.4, 0.5) is 15.8 Å². The fourth-order valence-electron chi connectivity index (χ4n) is 2.86. The third-order valence-corrected chi connectivity index (χ3v) is 4.20. The average Bonchev–Trinajstić information content (AvgIpc) is 2.49. The van der Waals surface area contributed by atoms with E-state index in [2.05, 4.69) is 5.32 Å². The van der Waals surface area contributed by atoms with Crippen LogP contribution in [0.2, 0.25) is 0 Å². The summed E-state index contributed by atoms with van der Waals surface area (Å²) in [6, 6.07) is 2.22. The Hall–Kier alpha value is -2.42. The zero-order valence-corrected chi connectivity index (χ0v) is 13.5. The molecule has 9 heteroatoms. The Morgan fingerprint density at radius 1 is 1.54 bits per heavy atom. The first-order valence-corrected chi connectivity index (χ1v) is 7.60. The normalized spacial score (nSPS) is 19.7. The molecule has 0 aromatic heterocycles. The summed E-state index contributed by atoms with van der Waals surface area (Å²) >= 11 is 0. The number of methoxy groups -OCH3 is 1. The van der Waals surface area contributed by atoms with Crippen molar-refractivity contribution in [2.45, 2.75) is 31.8 Å². The monoisotopic (exact) mass is 341 g/mol.